The second kappa shape index (κ2) is 4.43. The Hall–Kier alpha value is -1.60. The lowest BCUT2D eigenvalue weighted by atomic mass is 10.1. The highest BCUT2D eigenvalue weighted by Gasteiger charge is 2.07. The number of nitrogens with zero attached hydrogens (tertiary/aromatic N) is 2. The molecule has 0 aliphatic heterocycles. The van der Waals surface area contributed by atoms with Gasteiger partial charge in [-0.25, -0.2) is 4.98 Å². The van der Waals surface area contributed by atoms with Gasteiger partial charge >= 0.3 is 0 Å². The van der Waals surface area contributed by atoms with Gasteiger partial charge in [0.25, 0.3) is 0 Å². The number of aliphatic hydroxyl groups excluding tert-OH is 1. The van der Waals surface area contributed by atoms with Crippen molar-refractivity contribution in [1.82, 2.24) is 4.98 Å². The lowest BCUT2D eigenvalue weighted by Crippen LogP contribution is -1.97. The predicted octanol–water partition coefficient (Wildman–Crippen LogP) is 1.04. The zero-order valence-electron chi connectivity index (χ0n) is 7.27. The third-order valence-electron chi connectivity index (χ3n) is 1.64. The van der Waals surface area contributed by atoms with E-state index >= 15 is 0 Å². The van der Waals surface area contributed by atoms with Crippen molar-refractivity contribution in [2.24, 2.45) is 0 Å². The molecule has 1 aromatic rings. The minimum atomic E-state index is -0.762. The fourth-order valence-corrected chi connectivity index (χ4v) is 0.948. The zero-order chi connectivity index (χ0) is 9.68. The van der Waals surface area contributed by atoms with Crippen LogP contribution in [0.15, 0.2) is 18.3 Å². The molecule has 1 aromatic heterocycles. The summed E-state index contributed by atoms with van der Waals surface area (Å²) in [6.07, 6.45) is 0.851. The molecular formula is C9H10N2O2. The molecular weight excluding hydrogens is 168 g/mol. The van der Waals surface area contributed by atoms with Gasteiger partial charge in [0.1, 0.15) is 0 Å². The van der Waals surface area contributed by atoms with Crippen molar-refractivity contribution in [3.63, 3.8) is 0 Å². The molecule has 1 heterocycles. The second-order valence-corrected chi connectivity index (χ2v) is 2.51. The molecule has 0 aliphatic carbocycles. The molecule has 4 nitrogen and oxygen atoms in total. The van der Waals surface area contributed by atoms with Crippen LogP contribution < -0.4 is 4.74 Å². The smallest absolute Gasteiger partial charge is 0.213 e. The summed E-state index contributed by atoms with van der Waals surface area (Å²) in [7, 11) is 1.50. The Morgan fingerprint density at radius 3 is 3.15 bits per heavy atom. The van der Waals surface area contributed by atoms with Crippen LogP contribution in [0.3, 0.4) is 0 Å². The highest BCUT2D eigenvalue weighted by Crippen LogP contribution is 2.18. The first-order valence-electron chi connectivity index (χ1n) is 3.83. The molecule has 0 fully saturated rings. The Morgan fingerprint density at radius 1 is 1.77 bits per heavy atom. The highest BCUT2D eigenvalue weighted by atomic mass is 16.5. The Labute approximate surface area is 76.4 Å². The summed E-state index contributed by atoms with van der Waals surface area (Å²) < 4.78 is 4.88. The van der Waals surface area contributed by atoms with E-state index in [9.17, 15) is 5.11 Å². The van der Waals surface area contributed by atoms with Gasteiger partial charge in [0.2, 0.25) is 5.88 Å². The van der Waals surface area contributed by atoms with Crippen molar-refractivity contribution >= 4 is 0 Å². The van der Waals surface area contributed by atoms with E-state index in [-0.39, 0.29) is 6.42 Å². The van der Waals surface area contributed by atoms with E-state index in [4.69, 9.17) is 10.00 Å². The summed E-state index contributed by atoms with van der Waals surface area (Å²) in [6.45, 7) is 0. The molecule has 1 N–H and O–H groups in total. The lowest BCUT2D eigenvalue weighted by Gasteiger charge is -2.07. The van der Waals surface area contributed by atoms with E-state index in [1.807, 2.05) is 6.07 Å². The van der Waals surface area contributed by atoms with Crippen LogP contribution in [0.4, 0.5) is 0 Å². The summed E-state index contributed by atoms with van der Waals surface area (Å²) in [5, 5.41) is 17.8. The van der Waals surface area contributed by atoms with Crippen LogP contribution in [0.25, 0.3) is 0 Å². The van der Waals surface area contributed by atoms with Gasteiger partial charge in [-0.2, -0.15) is 5.26 Å². The number of aliphatic hydroxyl groups is 1. The SMILES string of the molecule is COc1cc(C(O)CC#N)ccn1. The summed E-state index contributed by atoms with van der Waals surface area (Å²) in [4.78, 5) is 3.88. The number of nitriles is 1. The Balaban J connectivity index is 2.83. The molecule has 0 radical (unpaired) electrons. The average molecular weight is 178 g/mol. The number of hydrogen-bond donors (Lipinski definition) is 1. The minimum Gasteiger partial charge on any atom is -0.481 e. The monoisotopic (exact) mass is 178 g/mol. The fraction of sp³-hybridized carbons (Fsp3) is 0.333. The van der Waals surface area contributed by atoms with Gasteiger partial charge in [-0.1, -0.05) is 0 Å². The largest absolute Gasteiger partial charge is 0.481 e. The second-order valence-electron chi connectivity index (χ2n) is 2.51. The molecule has 68 valence electrons. The first-order valence-corrected chi connectivity index (χ1v) is 3.83. The zero-order valence-corrected chi connectivity index (χ0v) is 7.27. The molecule has 0 bridgehead atoms. The molecule has 13 heavy (non-hydrogen) atoms. The van der Waals surface area contributed by atoms with Crippen molar-refractivity contribution in [3.05, 3.63) is 23.9 Å². The maximum atomic E-state index is 9.43. The standard InChI is InChI=1S/C9H10N2O2/c1-13-9-6-7(3-5-11-9)8(12)2-4-10/h3,5-6,8,12H,2H2,1H3. The number of aromatic nitrogens is 1. The molecule has 1 rings (SSSR count). The predicted molar refractivity (Wildman–Crippen MR) is 46.0 cm³/mol. The molecule has 0 spiro atoms. The van der Waals surface area contributed by atoms with Crippen LogP contribution in [-0.4, -0.2) is 17.2 Å². The van der Waals surface area contributed by atoms with Gasteiger partial charge in [0.05, 0.1) is 25.7 Å². The lowest BCUT2D eigenvalue weighted by molar-refractivity contribution is 0.183. The van der Waals surface area contributed by atoms with Gasteiger partial charge in [-0.05, 0) is 11.6 Å². The first-order chi connectivity index (χ1) is 6.27. The average Bonchev–Trinajstić information content (AvgIpc) is 2.18. The summed E-state index contributed by atoms with van der Waals surface area (Å²) in [5.74, 6) is 0.439. The topological polar surface area (TPSA) is 66.1 Å². The van der Waals surface area contributed by atoms with Gasteiger partial charge in [0.15, 0.2) is 0 Å². The van der Waals surface area contributed by atoms with Crippen molar-refractivity contribution in [2.45, 2.75) is 12.5 Å². The molecule has 1 unspecified atom stereocenters. The van der Waals surface area contributed by atoms with Gasteiger partial charge in [-0.3, -0.25) is 0 Å². The normalized spacial score (nSPS) is 11.8. The fourth-order valence-electron chi connectivity index (χ4n) is 0.948. The van der Waals surface area contributed by atoms with E-state index in [1.165, 1.54) is 13.3 Å². The Bertz CT molecular complexity index is 320. The summed E-state index contributed by atoms with van der Waals surface area (Å²) in [5.41, 5.74) is 0.647. The van der Waals surface area contributed by atoms with E-state index in [0.717, 1.165) is 0 Å². The summed E-state index contributed by atoms with van der Waals surface area (Å²) >= 11 is 0. The maximum Gasteiger partial charge on any atom is 0.213 e. The van der Waals surface area contributed by atoms with Crippen LogP contribution >= 0.6 is 0 Å². The number of rotatable bonds is 3. The maximum absolute atomic E-state index is 9.43. The number of pyridine rings is 1. The van der Waals surface area contributed by atoms with Crippen LogP contribution in [0.1, 0.15) is 18.1 Å². The Morgan fingerprint density at radius 2 is 2.54 bits per heavy atom. The van der Waals surface area contributed by atoms with Gasteiger partial charge in [-0.15, -0.1) is 0 Å². The molecule has 0 aromatic carbocycles. The van der Waals surface area contributed by atoms with E-state index in [1.54, 1.807) is 12.1 Å². The van der Waals surface area contributed by atoms with Crippen LogP contribution in [0, 0.1) is 11.3 Å². The number of methoxy groups -OCH3 is 1. The van der Waals surface area contributed by atoms with E-state index in [2.05, 4.69) is 4.98 Å². The van der Waals surface area contributed by atoms with Crippen molar-refractivity contribution in [1.29, 1.82) is 5.26 Å². The minimum absolute atomic E-state index is 0.0766. The van der Waals surface area contributed by atoms with Crippen molar-refractivity contribution in [3.8, 4) is 11.9 Å². The highest BCUT2D eigenvalue weighted by molar-refractivity contribution is 5.22. The molecule has 1 atom stereocenters. The number of hydrogen-bond acceptors (Lipinski definition) is 4. The first kappa shape index (κ1) is 9.49. The molecule has 0 amide bonds. The van der Waals surface area contributed by atoms with Crippen LogP contribution in [0.5, 0.6) is 5.88 Å². The Kier molecular flexibility index (Phi) is 3.23. The summed E-state index contributed by atoms with van der Waals surface area (Å²) in [6, 6.07) is 5.16. The third-order valence-corrected chi connectivity index (χ3v) is 1.64. The number of ether oxygens (including phenoxy) is 1. The van der Waals surface area contributed by atoms with Crippen molar-refractivity contribution in [2.75, 3.05) is 7.11 Å². The molecule has 0 aliphatic rings. The van der Waals surface area contributed by atoms with Crippen molar-refractivity contribution < 1.29 is 9.84 Å². The molecule has 4 heteroatoms. The van der Waals surface area contributed by atoms with E-state index in [0.29, 0.717) is 11.4 Å². The molecule has 0 saturated carbocycles. The van der Waals surface area contributed by atoms with E-state index < -0.39 is 6.10 Å². The van der Waals surface area contributed by atoms with Gasteiger partial charge < -0.3 is 9.84 Å². The molecule has 0 saturated heterocycles. The van der Waals surface area contributed by atoms with Crippen LogP contribution in [0.2, 0.25) is 0 Å². The van der Waals surface area contributed by atoms with Gasteiger partial charge in [0, 0.05) is 12.3 Å². The quantitative estimate of drug-likeness (QED) is 0.750. The third kappa shape index (κ3) is 2.42. The van der Waals surface area contributed by atoms with Crippen LogP contribution in [-0.2, 0) is 0 Å².